The van der Waals surface area contributed by atoms with Crippen LogP contribution in [0.2, 0.25) is 0 Å². The van der Waals surface area contributed by atoms with Gasteiger partial charge in [0.15, 0.2) is 0 Å². The van der Waals surface area contributed by atoms with E-state index in [2.05, 4.69) is 10.3 Å². The number of ether oxygens (including phenoxy) is 1. The van der Waals surface area contributed by atoms with Crippen LogP contribution in [0.1, 0.15) is 28.9 Å². The third-order valence-electron chi connectivity index (χ3n) is 5.30. The van der Waals surface area contributed by atoms with Crippen LogP contribution in [0.15, 0.2) is 48.5 Å². The van der Waals surface area contributed by atoms with Crippen LogP contribution in [-0.2, 0) is 0 Å². The van der Waals surface area contributed by atoms with Crippen molar-refractivity contribution >= 4 is 22.5 Å². The summed E-state index contributed by atoms with van der Waals surface area (Å²) in [5.41, 5.74) is 2.80. The molecular weight excluding hydrogens is 369 g/mol. The van der Waals surface area contributed by atoms with Gasteiger partial charge in [0.2, 0.25) is 0 Å². The smallest absolute Gasteiger partial charge is 0.254 e. The number of rotatable bonds is 4. The number of nitrogens with one attached hydrogen (secondary N) is 1. The molecule has 0 unspecified atom stereocenters. The molecular formula is C23H24FN3O2. The first kappa shape index (κ1) is 19.2. The van der Waals surface area contributed by atoms with Gasteiger partial charge in [0.25, 0.3) is 5.91 Å². The first-order chi connectivity index (χ1) is 14.0. The highest BCUT2D eigenvalue weighted by molar-refractivity contribution is 6.06. The minimum atomic E-state index is -0.351. The molecule has 1 aliphatic rings. The molecule has 1 amide bonds. The molecule has 29 heavy (non-hydrogen) atoms. The molecule has 0 bridgehead atoms. The molecule has 2 heterocycles. The largest absolute Gasteiger partial charge is 0.497 e. The van der Waals surface area contributed by atoms with Crippen LogP contribution < -0.4 is 10.1 Å². The predicted molar refractivity (Wildman–Crippen MR) is 112 cm³/mol. The zero-order valence-corrected chi connectivity index (χ0v) is 16.6. The lowest BCUT2D eigenvalue weighted by atomic mass is 10.0. The molecule has 3 aromatic rings. The van der Waals surface area contributed by atoms with Gasteiger partial charge in [-0.15, -0.1) is 0 Å². The van der Waals surface area contributed by atoms with Gasteiger partial charge in [0.05, 0.1) is 18.2 Å². The van der Waals surface area contributed by atoms with Crippen LogP contribution in [0.4, 0.5) is 10.1 Å². The van der Waals surface area contributed by atoms with Crippen molar-refractivity contribution in [2.45, 2.75) is 25.8 Å². The van der Waals surface area contributed by atoms with Crippen LogP contribution in [0.5, 0.6) is 5.75 Å². The number of methoxy groups -OCH3 is 1. The molecule has 1 N–H and O–H groups in total. The number of halogens is 1. The second-order valence-corrected chi connectivity index (χ2v) is 7.44. The van der Waals surface area contributed by atoms with E-state index in [1.165, 1.54) is 12.1 Å². The fourth-order valence-corrected chi connectivity index (χ4v) is 3.88. The van der Waals surface area contributed by atoms with Crippen LogP contribution >= 0.6 is 0 Å². The third-order valence-corrected chi connectivity index (χ3v) is 5.30. The van der Waals surface area contributed by atoms with E-state index in [1.54, 1.807) is 19.2 Å². The highest BCUT2D eigenvalue weighted by Gasteiger charge is 2.26. The van der Waals surface area contributed by atoms with E-state index < -0.39 is 0 Å². The molecule has 1 aromatic heterocycles. The van der Waals surface area contributed by atoms with E-state index in [-0.39, 0.29) is 17.8 Å². The number of piperidine rings is 1. The summed E-state index contributed by atoms with van der Waals surface area (Å²) in [6.45, 7) is 3.16. The summed E-state index contributed by atoms with van der Waals surface area (Å²) in [7, 11) is 1.64. The summed E-state index contributed by atoms with van der Waals surface area (Å²) in [4.78, 5) is 19.5. The molecule has 6 heteroatoms. The maximum Gasteiger partial charge on any atom is 0.254 e. The third kappa shape index (κ3) is 4.16. The molecule has 1 aliphatic heterocycles. The van der Waals surface area contributed by atoms with Crippen LogP contribution in [-0.4, -0.2) is 42.0 Å². The van der Waals surface area contributed by atoms with Gasteiger partial charge in [-0.25, -0.2) is 4.39 Å². The normalized spacial score (nSPS) is 16.7. The molecule has 1 fully saturated rings. The number of hydrogen-bond acceptors (Lipinski definition) is 4. The van der Waals surface area contributed by atoms with Crippen molar-refractivity contribution in [2.24, 2.45) is 0 Å². The van der Waals surface area contributed by atoms with Gasteiger partial charge in [0.1, 0.15) is 11.6 Å². The van der Waals surface area contributed by atoms with E-state index in [0.29, 0.717) is 35.2 Å². The first-order valence-corrected chi connectivity index (χ1v) is 9.80. The lowest BCUT2D eigenvalue weighted by molar-refractivity contribution is 0.0716. The highest BCUT2D eigenvalue weighted by atomic mass is 19.1. The first-order valence-electron chi connectivity index (χ1n) is 9.80. The van der Waals surface area contributed by atoms with E-state index in [1.807, 2.05) is 36.1 Å². The second kappa shape index (κ2) is 8.07. The number of aromatic nitrogens is 1. The Bertz CT molecular complexity index is 1030. The van der Waals surface area contributed by atoms with Crippen LogP contribution in [0, 0.1) is 12.7 Å². The molecule has 150 valence electrons. The monoisotopic (exact) mass is 393 g/mol. The molecule has 4 rings (SSSR count). The zero-order valence-electron chi connectivity index (χ0n) is 16.6. The van der Waals surface area contributed by atoms with Crippen molar-refractivity contribution in [3.05, 3.63) is 65.6 Å². The van der Waals surface area contributed by atoms with Gasteiger partial charge >= 0.3 is 0 Å². The molecule has 1 atom stereocenters. The fraction of sp³-hybridized carbons (Fsp3) is 0.304. The van der Waals surface area contributed by atoms with Crippen molar-refractivity contribution < 1.29 is 13.9 Å². The average molecular weight is 393 g/mol. The number of anilines is 1. The lowest BCUT2D eigenvalue weighted by Crippen LogP contribution is -2.45. The van der Waals surface area contributed by atoms with E-state index in [0.717, 1.165) is 24.3 Å². The molecule has 0 aliphatic carbocycles. The zero-order chi connectivity index (χ0) is 20.4. The molecule has 1 saturated heterocycles. The number of pyridine rings is 1. The number of hydrogen-bond donors (Lipinski definition) is 1. The summed E-state index contributed by atoms with van der Waals surface area (Å²) in [6.07, 6.45) is 1.92. The highest BCUT2D eigenvalue weighted by Crippen LogP contribution is 2.24. The van der Waals surface area contributed by atoms with Gasteiger partial charge in [-0.2, -0.15) is 0 Å². The average Bonchev–Trinajstić information content (AvgIpc) is 2.73. The number of amides is 1. The summed E-state index contributed by atoms with van der Waals surface area (Å²) in [5.74, 6) is 0.427. The maximum absolute atomic E-state index is 13.6. The summed E-state index contributed by atoms with van der Waals surface area (Å²) in [5, 5.41) is 4.20. The number of aryl methyl sites for hydroxylation is 1. The summed E-state index contributed by atoms with van der Waals surface area (Å²) in [6, 6.07) is 14.2. The maximum atomic E-state index is 13.6. The molecule has 5 nitrogen and oxygen atoms in total. The Morgan fingerprint density at radius 3 is 2.76 bits per heavy atom. The van der Waals surface area contributed by atoms with E-state index in [4.69, 9.17) is 4.74 Å². The standard InChI is InChI=1S/C23H24FN3O2/c1-15-12-21(20-10-5-16(24)13-22(20)25-15)23(28)27-11-3-4-18(14-27)26-17-6-8-19(29-2)9-7-17/h5-10,12-13,18,26H,3-4,11,14H2,1-2H3/t18-/m0/s1. The minimum absolute atomic E-state index is 0.0339. The van der Waals surface area contributed by atoms with Crippen molar-refractivity contribution in [1.82, 2.24) is 9.88 Å². The summed E-state index contributed by atoms with van der Waals surface area (Å²) < 4.78 is 18.8. The van der Waals surface area contributed by atoms with Gasteiger partial charge in [-0.3, -0.25) is 9.78 Å². The van der Waals surface area contributed by atoms with Crippen molar-refractivity contribution in [3.8, 4) is 5.75 Å². The molecule has 0 radical (unpaired) electrons. The van der Waals surface area contributed by atoms with Gasteiger partial charge in [-0.1, -0.05) is 0 Å². The number of fused-ring (bicyclic) bond motifs is 1. The minimum Gasteiger partial charge on any atom is -0.497 e. The topological polar surface area (TPSA) is 54.5 Å². The van der Waals surface area contributed by atoms with Gasteiger partial charge < -0.3 is 15.0 Å². The van der Waals surface area contributed by atoms with Crippen molar-refractivity contribution in [3.63, 3.8) is 0 Å². The van der Waals surface area contributed by atoms with Gasteiger partial charge in [0, 0.05) is 42.0 Å². The number of carbonyl (C=O) groups excluding carboxylic acids is 1. The Morgan fingerprint density at radius 1 is 1.21 bits per heavy atom. The molecule has 0 saturated carbocycles. The van der Waals surface area contributed by atoms with E-state index in [9.17, 15) is 9.18 Å². The molecule has 0 spiro atoms. The van der Waals surface area contributed by atoms with Crippen LogP contribution in [0.3, 0.4) is 0 Å². The lowest BCUT2D eigenvalue weighted by Gasteiger charge is -2.34. The Balaban J connectivity index is 1.53. The predicted octanol–water partition coefficient (Wildman–Crippen LogP) is 4.41. The van der Waals surface area contributed by atoms with Crippen LogP contribution in [0.25, 0.3) is 10.9 Å². The van der Waals surface area contributed by atoms with Crippen molar-refractivity contribution in [1.29, 1.82) is 0 Å². The number of nitrogens with zero attached hydrogens (tertiary/aromatic N) is 2. The fourth-order valence-electron chi connectivity index (χ4n) is 3.88. The number of likely N-dealkylation sites (tertiary alicyclic amines) is 1. The van der Waals surface area contributed by atoms with Crippen molar-refractivity contribution in [2.75, 3.05) is 25.5 Å². The second-order valence-electron chi connectivity index (χ2n) is 7.44. The quantitative estimate of drug-likeness (QED) is 0.714. The Hall–Kier alpha value is -3.15. The summed E-state index contributed by atoms with van der Waals surface area (Å²) >= 11 is 0. The van der Waals surface area contributed by atoms with E-state index >= 15 is 0 Å². The SMILES string of the molecule is COc1ccc(N[C@H]2CCCN(C(=O)c3cc(C)nc4cc(F)ccc34)C2)cc1. The van der Waals surface area contributed by atoms with Gasteiger partial charge in [-0.05, 0) is 62.2 Å². The Labute approximate surface area is 169 Å². The Kier molecular flexibility index (Phi) is 5.34. The number of benzene rings is 2. The molecule has 2 aromatic carbocycles. The number of carbonyl (C=O) groups is 1. The Morgan fingerprint density at radius 2 is 2.00 bits per heavy atom.